The number of rotatable bonds is 5. The number of carbonyl (C=O) groups is 1. The number of hydrogen-bond acceptors (Lipinski definition) is 3. The second-order valence-electron chi connectivity index (χ2n) is 5.79. The first-order chi connectivity index (χ1) is 10.0. The van der Waals surface area contributed by atoms with Gasteiger partial charge in [-0.15, -0.1) is 0 Å². The van der Waals surface area contributed by atoms with Gasteiger partial charge in [0.25, 0.3) is 0 Å². The molecule has 0 spiro atoms. The Balaban J connectivity index is 1.68. The number of hydrogen-bond donors (Lipinski definition) is 2. The van der Waals surface area contributed by atoms with Crippen LogP contribution in [0, 0.1) is 5.92 Å². The summed E-state index contributed by atoms with van der Waals surface area (Å²) in [6, 6.07) is 5.07. The van der Waals surface area contributed by atoms with Crippen LogP contribution in [0.3, 0.4) is 0 Å². The highest BCUT2D eigenvalue weighted by atomic mass is 35.5. The zero-order valence-electron chi connectivity index (χ0n) is 12.4. The van der Waals surface area contributed by atoms with Crippen molar-refractivity contribution in [2.75, 3.05) is 17.7 Å². The predicted molar refractivity (Wildman–Crippen MR) is 86.5 cm³/mol. The van der Waals surface area contributed by atoms with Crippen molar-refractivity contribution >= 4 is 28.9 Å². The molecule has 1 aliphatic carbocycles. The van der Waals surface area contributed by atoms with E-state index in [0.717, 1.165) is 18.8 Å². The molecule has 1 saturated carbocycles. The first kappa shape index (κ1) is 16.1. The summed E-state index contributed by atoms with van der Waals surface area (Å²) < 4.78 is 5.78. The standard InChI is InChI=1S/C16H23ClN2O2/c1-11-2-5-13(6-3-11)21-9-8-16(20)19-12-4-7-14(17)15(18)10-12/h4,7,10-11,13H,2-3,5-6,8-9,18H2,1H3,(H,19,20). The van der Waals surface area contributed by atoms with E-state index in [1.165, 1.54) is 12.8 Å². The molecule has 116 valence electrons. The van der Waals surface area contributed by atoms with Crippen LogP contribution in [0.5, 0.6) is 0 Å². The van der Waals surface area contributed by atoms with Gasteiger partial charge in [0.1, 0.15) is 0 Å². The second kappa shape index (κ2) is 7.66. The van der Waals surface area contributed by atoms with Crippen LogP contribution >= 0.6 is 11.6 Å². The molecule has 4 nitrogen and oxygen atoms in total. The lowest BCUT2D eigenvalue weighted by molar-refractivity contribution is -0.117. The van der Waals surface area contributed by atoms with Gasteiger partial charge in [-0.05, 0) is 49.8 Å². The van der Waals surface area contributed by atoms with E-state index in [-0.39, 0.29) is 5.91 Å². The van der Waals surface area contributed by atoms with Crippen LogP contribution in [0.1, 0.15) is 39.0 Å². The molecule has 1 fully saturated rings. The minimum Gasteiger partial charge on any atom is -0.397 e. The highest BCUT2D eigenvalue weighted by Gasteiger charge is 2.18. The number of halogens is 1. The van der Waals surface area contributed by atoms with Crippen molar-refractivity contribution in [1.82, 2.24) is 0 Å². The minimum absolute atomic E-state index is 0.0686. The molecule has 0 radical (unpaired) electrons. The molecule has 0 unspecified atom stereocenters. The average molecular weight is 311 g/mol. The van der Waals surface area contributed by atoms with Gasteiger partial charge in [-0.3, -0.25) is 4.79 Å². The summed E-state index contributed by atoms with van der Waals surface area (Å²) in [5, 5.41) is 3.29. The van der Waals surface area contributed by atoms with Crippen molar-refractivity contribution in [3.05, 3.63) is 23.2 Å². The van der Waals surface area contributed by atoms with Crippen molar-refractivity contribution in [3.63, 3.8) is 0 Å². The molecule has 1 aliphatic rings. The summed E-state index contributed by atoms with van der Waals surface area (Å²) in [6.07, 6.45) is 5.34. The van der Waals surface area contributed by atoms with Gasteiger partial charge in [0.2, 0.25) is 5.91 Å². The zero-order chi connectivity index (χ0) is 15.2. The molecule has 3 N–H and O–H groups in total. The molecule has 1 amide bonds. The summed E-state index contributed by atoms with van der Waals surface area (Å²) in [5.41, 5.74) is 6.82. The average Bonchev–Trinajstić information content (AvgIpc) is 2.45. The second-order valence-corrected chi connectivity index (χ2v) is 6.19. The molecule has 2 rings (SSSR count). The summed E-state index contributed by atoms with van der Waals surface area (Å²) in [5.74, 6) is 0.740. The topological polar surface area (TPSA) is 64.3 Å². The van der Waals surface area contributed by atoms with Crippen LogP contribution < -0.4 is 11.1 Å². The van der Waals surface area contributed by atoms with Crippen molar-refractivity contribution in [1.29, 1.82) is 0 Å². The number of nitrogen functional groups attached to an aromatic ring is 1. The maximum Gasteiger partial charge on any atom is 0.226 e. The van der Waals surface area contributed by atoms with Gasteiger partial charge in [0.05, 0.1) is 29.8 Å². The quantitative estimate of drug-likeness (QED) is 0.812. The fourth-order valence-corrected chi connectivity index (χ4v) is 2.68. The first-order valence-electron chi connectivity index (χ1n) is 7.51. The maximum absolute atomic E-state index is 11.8. The van der Waals surface area contributed by atoms with Gasteiger partial charge in [-0.25, -0.2) is 0 Å². The van der Waals surface area contributed by atoms with E-state index < -0.39 is 0 Å². The smallest absolute Gasteiger partial charge is 0.226 e. The first-order valence-corrected chi connectivity index (χ1v) is 7.89. The molecule has 0 aliphatic heterocycles. The lowest BCUT2D eigenvalue weighted by atomic mass is 9.89. The number of ether oxygens (including phenoxy) is 1. The van der Waals surface area contributed by atoms with Gasteiger partial charge < -0.3 is 15.8 Å². The van der Waals surface area contributed by atoms with Gasteiger partial charge in [0.15, 0.2) is 0 Å². The van der Waals surface area contributed by atoms with Crippen molar-refractivity contribution in [2.24, 2.45) is 5.92 Å². The monoisotopic (exact) mass is 310 g/mol. The highest BCUT2D eigenvalue weighted by molar-refractivity contribution is 6.33. The molecule has 21 heavy (non-hydrogen) atoms. The molecule has 0 heterocycles. The van der Waals surface area contributed by atoms with Gasteiger partial charge in [-0.2, -0.15) is 0 Å². The van der Waals surface area contributed by atoms with Crippen LogP contribution in [0.15, 0.2) is 18.2 Å². The molecule has 1 aromatic carbocycles. The normalized spacial score (nSPS) is 22.0. The van der Waals surface area contributed by atoms with E-state index in [1.54, 1.807) is 18.2 Å². The summed E-state index contributed by atoms with van der Waals surface area (Å²) in [6.45, 7) is 2.75. The van der Waals surface area contributed by atoms with E-state index in [9.17, 15) is 4.79 Å². The molecular formula is C16H23ClN2O2. The van der Waals surface area contributed by atoms with Crippen molar-refractivity contribution in [2.45, 2.75) is 45.1 Å². The molecule has 0 saturated heterocycles. The number of anilines is 2. The van der Waals surface area contributed by atoms with E-state index in [0.29, 0.717) is 35.5 Å². The molecule has 0 bridgehead atoms. The highest BCUT2D eigenvalue weighted by Crippen LogP contribution is 2.25. The lowest BCUT2D eigenvalue weighted by Crippen LogP contribution is -2.22. The van der Waals surface area contributed by atoms with E-state index in [4.69, 9.17) is 22.1 Å². The fourth-order valence-electron chi connectivity index (χ4n) is 2.56. The molecular weight excluding hydrogens is 288 g/mol. The summed E-state index contributed by atoms with van der Waals surface area (Å²) in [4.78, 5) is 11.8. The molecule has 1 aromatic rings. The summed E-state index contributed by atoms with van der Waals surface area (Å²) >= 11 is 5.84. The van der Waals surface area contributed by atoms with Crippen LogP contribution in [-0.2, 0) is 9.53 Å². The fraction of sp³-hybridized carbons (Fsp3) is 0.562. The van der Waals surface area contributed by atoms with Gasteiger partial charge in [-0.1, -0.05) is 18.5 Å². The third kappa shape index (κ3) is 5.21. The Bertz CT molecular complexity index is 485. The van der Waals surface area contributed by atoms with Crippen molar-refractivity contribution in [3.8, 4) is 0 Å². The van der Waals surface area contributed by atoms with Crippen LogP contribution in [-0.4, -0.2) is 18.6 Å². The van der Waals surface area contributed by atoms with E-state index >= 15 is 0 Å². The third-order valence-corrected chi connectivity index (χ3v) is 4.27. The molecule has 0 atom stereocenters. The van der Waals surface area contributed by atoms with Crippen molar-refractivity contribution < 1.29 is 9.53 Å². The summed E-state index contributed by atoms with van der Waals surface area (Å²) in [7, 11) is 0. The molecule has 0 aromatic heterocycles. The van der Waals surface area contributed by atoms with E-state index in [2.05, 4.69) is 12.2 Å². The minimum atomic E-state index is -0.0686. The number of nitrogens with two attached hydrogens (primary N) is 1. The Morgan fingerprint density at radius 2 is 2.10 bits per heavy atom. The van der Waals surface area contributed by atoms with Crippen LogP contribution in [0.2, 0.25) is 5.02 Å². The van der Waals surface area contributed by atoms with Crippen LogP contribution in [0.25, 0.3) is 0 Å². The molecule has 5 heteroatoms. The Hall–Kier alpha value is -1.26. The number of nitrogens with one attached hydrogen (secondary N) is 1. The maximum atomic E-state index is 11.8. The lowest BCUT2D eigenvalue weighted by Gasteiger charge is -2.26. The van der Waals surface area contributed by atoms with Gasteiger partial charge >= 0.3 is 0 Å². The SMILES string of the molecule is CC1CCC(OCCC(=O)Nc2ccc(Cl)c(N)c2)CC1. The van der Waals surface area contributed by atoms with Gasteiger partial charge in [0, 0.05) is 5.69 Å². The Morgan fingerprint density at radius 3 is 2.76 bits per heavy atom. The Morgan fingerprint density at radius 1 is 1.38 bits per heavy atom. The Labute approximate surface area is 131 Å². The number of amides is 1. The zero-order valence-corrected chi connectivity index (χ0v) is 13.2. The largest absolute Gasteiger partial charge is 0.397 e. The Kier molecular flexibility index (Phi) is 5.88. The number of carbonyl (C=O) groups excluding carboxylic acids is 1. The number of benzene rings is 1. The van der Waals surface area contributed by atoms with Crippen LogP contribution in [0.4, 0.5) is 11.4 Å². The predicted octanol–water partition coefficient (Wildman–Crippen LogP) is 3.85. The van der Waals surface area contributed by atoms with E-state index in [1.807, 2.05) is 0 Å². The third-order valence-electron chi connectivity index (χ3n) is 3.93.